The van der Waals surface area contributed by atoms with E-state index in [-0.39, 0.29) is 24.4 Å². The third-order valence-corrected chi connectivity index (χ3v) is 4.23. The molecule has 1 saturated carbocycles. The van der Waals surface area contributed by atoms with Gasteiger partial charge in [-0.25, -0.2) is 0 Å². The van der Waals surface area contributed by atoms with Gasteiger partial charge in [0.05, 0.1) is 10.6 Å². The Kier molecular flexibility index (Phi) is 6.47. The van der Waals surface area contributed by atoms with Gasteiger partial charge >= 0.3 is 0 Å². The number of halogens is 2. The van der Waals surface area contributed by atoms with Gasteiger partial charge in [0.1, 0.15) is 0 Å². The molecule has 6 heteroatoms. The highest BCUT2D eigenvalue weighted by Gasteiger charge is 2.31. The first-order chi connectivity index (χ1) is 8.65. The topological polar surface area (TPSA) is 55.1 Å². The average Bonchev–Trinajstić information content (AvgIpc) is 3.20. The van der Waals surface area contributed by atoms with Crippen molar-refractivity contribution in [2.45, 2.75) is 23.8 Å². The van der Waals surface area contributed by atoms with E-state index in [0.717, 1.165) is 17.7 Å². The Balaban J connectivity index is 0.00000180. The van der Waals surface area contributed by atoms with E-state index in [1.165, 1.54) is 0 Å². The molecule has 1 atom stereocenters. The van der Waals surface area contributed by atoms with E-state index in [9.17, 15) is 4.79 Å². The Morgan fingerprint density at radius 2 is 2.26 bits per heavy atom. The molecule has 1 aliphatic rings. The summed E-state index contributed by atoms with van der Waals surface area (Å²) in [6.07, 6.45) is 4.28. The summed E-state index contributed by atoms with van der Waals surface area (Å²) < 4.78 is 0. The van der Waals surface area contributed by atoms with Crippen LogP contribution in [0.3, 0.4) is 0 Å². The number of nitrogens with two attached hydrogens (primary N) is 1. The van der Waals surface area contributed by atoms with Crippen LogP contribution in [0.4, 0.5) is 0 Å². The van der Waals surface area contributed by atoms with Gasteiger partial charge in [-0.05, 0) is 43.2 Å². The van der Waals surface area contributed by atoms with Crippen molar-refractivity contribution >= 4 is 41.7 Å². The molecular formula is C13H18Cl2N2OS. The number of thioether (sulfide) groups is 1. The van der Waals surface area contributed by atoms with Crippen LogP contribution in [-0.2, 0) is 0 Å². The summed E-state index contributed by atoms with van der Waals surface area (Å²) >= 11 is 7.66. The zero-order valence-corrected chi connectivity index (χ0v) is 13.1. The van der Waals surface area contributed by atoms with E-state index in [1.807, 2.05) is 18.4 Å². The Labute approximate surface area is 129 Å². The highest BCUT2D eigenvalue weighted by Crippen LogP contribution is 2.32. The van der Waals surface area contributed by atoms with Crippen molar-refractivity contribution < 1.29 is 4.79 Å². The van der Waals surface area contributed by atoms with Crippen LogP contribution < -0.4 is 11.1 Å². The lowest BCUT2D eigenvalue weighted by Crippen LogP contribution is -2.41. The van der Waals surface area contributed by atoms with Crippen LogP contribution in [0.5, 0.6) is 0 Å². The van der Waals surface area contributed by atoms with Crippen LogP contribution >= 0.6 is 35.8 Å². The average molecular weight is 321 g/mol. The molecule has 1 aliphatic carbocycles. The maximum atomic E-state index is 12.2. The summed E-state index contributed by atoms with van der Waals surface area (Å²) in [5.41, 5.74) is 6.21. The number of carbonyl (C=O) groups is 1. The van der Waals surface area contributed by atoms with Crippen molar-refractivity contribution in [2.24, 2.45) is 11.7 Å². The van der Waals surface area contributed by atoms with Crippen molar-refractivity contribution in [3.8, 4) is 0 Å². The molecule has 0 aromatic heterocycles. The van der Waals surface area contributed by atoms with Crippen LogP contribution in [0.2, 0.25) is 5.02 Å². The van der Waals surface area contributed by atoms with Crippen molar-refractivity contribution in [1.82, 2.24) is 5.32 Å². The summed E-state index contributed by atoms with van der Waals surface area (Å²) in [6.45, 7) is 0.482. The van der Waals surface area contributed by atoms with Gasteiger partial charge in [0.15, 0.2) is 0 Å². The summed E-state index contributed by atoms with van der Waals surface area (Å²) in [7, 11) is 0. The van der Waals surface area contributed by atoms with Crippen LogP contribution in [-0.4, -0.2) is 24.7 Å². The summed E-state index contributed by atoms with van der Waals surface area (Å²) in [4.78, 5) is 13.2. The monoisotopic (exact) mass is 320 g/mol. The molecule has 0 heterocycles. The van der Waals surface area contributed by atoms with Crippen LogP contribution in [0.25, 0.3) is 0 Å². The molecule has 3 N–H and O–H groups in total. The number of amides is 1. The molecule has 19 heavy (non-hydrogen) atoms. The van der Waals surface area contributed by atoms with Gasteiger partial charge < -0.3 is 11.1 Å². The maximum Gasteiger partial charge on any atom is 0.253 e. The Hall–Kier alpha value is -0.420. The standard InChI is InChI=1S/C13H17ClN2OS.ClH/c1-18-9-4-5-11(14)10(6-9)13(17)16-12(7-15)8-2-3-8;/h4-6,8,12H,2-3,7,15H2,1H3,(H,16,17);1H. The van der Waals surface area contributed by atoms with E-state index in [1.54, 1.807) is 17.8 Å². The number of hydrogen-bond donors (Lipinski definition) is 2. The van der Waals surface area contributed by atoms with Gasteiger partial charge in [0.2, 0.25) is 0 Å². The molecule has 1 unspecified atom stereocenters. The van der Waals surface area contributed by atoms with Gasteiger partial charge in [-0.2, -0.15) is 0 Å². The SMILES string of the molecule is CSc1ccc(Cl)c(C(=O)NC(CN)C2CC2)c1.Cl. The minimum absolute atomic E-state index is 0. The number of carbonyl (C=O) groups excluding carboxylic acids is 1. The smallest absolute Gasteiger partial charge is 0.253 e. The normalized spacial score (nSPS) is 15.5. The molecule has 0 spiro atoms. The molecule has 1 aromatic carbocycles. The quantitative estimate of drug-likeness (QED) is 0.820. The van der Waals surface area contributed by atoms with Crippen LogP contribution in [0.15, 0.2) is 23.1 Å². The van der Waals surface area contributed by atoms with E-state index in [2.05, 4.69) is 5.32 Å². The highest BCUT2D eigenvalue weighted by atomic mass is 35.5. The molecule has 2 rings (SSSR count). The van der Waals surface area contributed by atoms with E-state index in [0.29, 0.717) is 23.0 Å². The fraction of sp³-hybridized carbons (Fsp3) is 0.462. The Morgan fingerprint density at radius 1 is 1.58 bits per heavy atom. The largest absolute Gasteiger partial charge is 0.348 e. The van der Waals surface area contributed by atoms with E-state index >= 15 is 0 Å². The number of benzene rings is 1. The maximum absolute atomic E-state index is 12.2. The lowest BCUT2D eigenvalue weighted by Gasteiger charge is -2.16. The number of rotatable bonds is 5. The third-order valence-electron chi connectivity index (χ3n) is 3.18. The summed E-state index contributed by atoms with van der Waals surface area (Å²) in [5.74, 6) is 0.416. The van der Waals surface area contributed by atoms with Gasteiger partial charge in [-0.3, -0.25) is 4.79 Å². The van der Waals surface area contributed by atoms with Crippen LogP contribution in [0.1, 0.15) is 23.2 Å². The first-order valence-electron chi connectivity index (χ1n) is 6.00. The molecular weight excluding hydrogens is 303 g/mol. The zero-order valence-electron chi connectivity index (χ0n) is 10.7. The number of hydrogen-bond acceptors (Lipinski definition) is 3. The summed E-state index contributed by atoms with van der Waals surface area (Å²) in [5, 5.41) is 3.46. The number of nitrogens with one attached hydrogen (secondary N) is 1. The van der Waals surface area contributed by atoms with Gasteiger partial charge in [-0.15, -0.1) is 24.2 Å². The first kappa shape index (κ1) is 16.6. The second kappa shape index (κ2) is 7.39. The fourth-order valence-corrected chi connectivity index (χ4v) is 2.56. The van der Waals surface area contributed by atoms with Gasteiger partial charge in [0, 0.05) is 17.5 Å². The van der Waals surface area contributed by atoms with Gasteiger partial charge in [0.25, 0.3) is 5.91 Å². The molecule has 0 bridgehead atoms. The second-order valence-electron chi connectivity index (χ2n) is 4.50. The molecule has 0 radical (unpaired) electrons. The Morgan fingerprint density at radius 3 is 2.79 bits per heavy atom. The first-order valence-corrected chi connectivity index (χ1v) is 7.60. The van der Waals surface area contributed by atoms with Gasteiger partial charge in [-0.1, -0.05) is 11.6 Å². The molecule has 0 aliphatic heterocycles. The molecule has 3 nitrogen and oxygen atoms in total. The molecule has 0 saturated heterocycles. The van der Waals surface area contributed by atoms with Crippen molar-refractivity contribution in [3.05, 3.63) is 28.8 Å². The molecule has 1 amide bonds. The third kappa shape index (κ3) is 4.28. The molecule has 106 valence electrons. The van der Waals surface area contributed by atoms with E-state index < -0.39 is 0 Å². The van der Waals surface area contributed by atoms with Crippen molar-refractivity contribution in [1.29, 1.82) is 0 Å². The predicted molar refractivity (Wildman–Crippen MR) is 83.5 cm³/mol. The molecule has 1 fully saturated rings. The zero-order chi connectivity index (χ0) is 13.1. The Bertz CT molecular complexity index is 452. The minimum atomic E-state index is -0.127. The van der Waals surface area contributed by atoms with Crippen LogP contribution in [0, 0.1) is 5.92 Å². The van der Waals surface area contributed by atoms with Crippen molar-refractivity contribution in [2.75, 3.05) is 12.8 Å². The van der Waals surface area contributed by atoms with E-state index in [4.69, 9.17) is 17.3 Å². The molecule has 1 aromatic rings. The second-order valence-corrected chi connectivity index (χ2v) is 5.79. The van der Waals surface area contributed by atoms with Crippen molar-refractivity contribution in [3.63, 3.8) is 0 Å². The predicted octanol–water partition coefficient (Wildman–Crippen LogP) is 2.95. The lowest BCUT2D eigenvalue weighted by atomic mass is 10.1. The minimum Gasteiger partial charge on any atom is -0.348 e. The highest BCUT2D eigenvalue weighted by molar-refractivity contribution is 7.98. The fourth-order valence-electron chi connectivity index (χ4n) is 1.92. The summed E-state index contributed by atoms with van der Waals surface area (Å²) in [6, 6.07) is 5.57. The lowest BCUT2D eigenvalue weighted by molar-refractivity contribution is 0.0933.